The summed E-state index contributed by atoms with van der Waals surface area (Å²) in [6, 6.07) is 0. The van der Waals surface area contributed by atoms with Gasteiger partial charge >= 0.3 is 5.97 Å². The van der Waals surface area contributed by atoms with Gasteiger partial charge in [0.15, 0.2) is 0 Å². The fourth-order valence-corrected chi connectivity index (χ4v) is 0.577. The average Bonchev–Trinajstić information content (AvgIpc) is 2.16. The van der Waals surface area contributed by atoms with Gasteiger partial charge < -0.3 is 14.2 Å². The molecule has 0 aliphatic heterocycles. The molecular formula is C9H16O4. The molecule has 0 saturated carbocycles. The van der Waals surface area contributed by atoms with Crippen LogP contribution in [0.3, 0.4) is 0 Å². The van der Waals surface area contributed by atoms with Gasteiger partial charge in [-0.15, -0.1) is 0 Å². The lowest BCUT2D eigenvalue weighted by molar-refractivity contribution is -0.139. The van der Waals surface area contributed by atoms with Crippen LogP contribution in [-0.4, -0.2) is 39.0 Å². The van der Waals surface area contributed by atoms with Crippen molar-refractivity contribution in [2.24, 2.45) is 0 Å². The summed E-state index contributed by atoms with van der Waals surface area (Å²) in [5.74, 6) is -0.427. The Balaban J connectivity index is 3.17. The zero-order valence-electron chi connectivity index (χ0n) is 8.12. The Labute approximate surface area is 78.5 Å². The third-order valence-electron chi connectivity index (χ3n) is 1.39. The van der Waals surface area contributed by atoms with Gasteiger partial charge in [-0.2, -0.15) is 0 Å². The maximum atomic E-state index is 10.5. The van der Waals surface area contributed by atoms with E-state index in [9.17, 15) is 4.79 Å². The topological polar surface area (TPSA) is 44.8 Å². The maximum Gasteiger partial charge on any atom is 0.330 e. The quantitative estimate of drug-likeness (QED) is 0.336. The molecule has 0 aromatic rings. The van der Waals surface area contributed by atoms with Crippen LogP contribution in [0.2, 0.25) is 0 Å². The van der Waals surface area contributed by atoms with Crippen LogP contribution in [0.1, 0.15) is 6.92 Å². The van der Waals surface area contributed by atoms with E-state index in [0.29, 0.717) is 13.2 Å². The summed E-state index contributed by atoms with van der Waals surface area (Å²) in [5, 5.41) is 0. The highest BCUT2D eigenvalue weighted by atomic mass is 16.6. The van der Waals surface area contributed by atoms with Crippen molar-refractivity contribution >= 4 is 5.97 Å². The van der Waals surface area contributed by atoms with E-state index >= 15 is 0 Å². The fraction of sp³-hybridized carbons (Fsp3) is 0.667. The molecule has 1 atom stereocenters. The molecule has 0 aromatic heterocycles. The molecule has 0 amide bonds. The Bertz CT molecular complexity index is 156. The summed E-state index contributed by atoms with van der Waals surface area (Å²) >= 11 is 0. The molecule has 0 aliphatic carbocycles. The Kier molecular flexibility index (Phi) is 7.24. The van der Waals surface area contributed by atoms with Gasteiger partial charge in [-0.05, 0) is 6.92 Å². The summed E-state index contributed by atoms with van der Waals surface area (Å²) in [4.78, 5) is 10.5. The number of carbonyl (C=O) groups is 1. The van der Waals surface area contributed by atoms with Crippen LogP contribution in [0.15, 0.2) is 12.7 Å². The van der Waals surface area contributed by atoms with Crippen molar-refractivity contribution in [2.75, 3.05) is 26.9 Å². The van der Waals surface area contributed by atoms with Crippen molar-refractivity contribution in [2.45, 2.75) is 13.0 Å². The summed E-state index contributed by atoms with van der Waals surface area (Å²) in [6.07, 6.45) is 1.19. The lowest BCUT2D eigenvalue weighted by Gasteiger charge is -2.09. The van der Waals surface area contributed by atoms with Crippen LogP contribution in [0.25, 0.3) is 0 Å². The maximum absolute atomic E-state index is 10.5. The molecule has 0 N–H and O–H groups in total. The minimum atomic E-state index is -0.427. The normalized spacial score (nSPS) is 12.2. The smallest absolute Gasteiger partial charge is 0.330 e. The zero-order valence-corrected chi connectivity index (χ0v) is 8.12. The van der Waals surface area contributed by atoms with Gasteiger partial charge in [-0.1, -0.05) is 6.58 Å². The number of hydrogen-bond acceptors (Lipinski definition) is 4. The third kappa shape index (κ3) is 7.49. The second-order valence-corrected chi connectivity index (χ2v) is 2.49. The predicted octanol–water partition coefficient (Wildman–Crippen LogP) is 0.767. The first kappa shape index (κ1) is 12.1. The second kappa shape index (κ2) is 7.76. The highest BCUT2D eigenvalue weighted by Gasteiger charge is 1.99. The summed E-state index contributed by atoms with van der Waals surface area (Å²) in [7, 11) is 1.62. The van der Waals surface area contributed by atoms with E-state index in [2.05, 4.69) is 11.3 Å². The van der Waals surface area contributed by atoms with E-state index in [1.54, 1.807) is 7.11 Å². The number of esters is 1. The summed E-state index contributed by atoms with van der Waals surface area (Å²) in [5.41, 5.74) is 0. The Morgan fingerprint density at radius 1 is 1.54 bits per heavy atom. The number of ether oxygens (including phenoxy) is 3. The van der Waals surface area contributed by atoms with Crippen molar-refractivity contribution < 1.29 is 19.0 Å². The Morgan fingerprint density at radius 3 is 2.77 bits per heavy atom. The average molecular weight is 188 g/mol. The monoisotopic (exact) mass is 188 g/mol. The van der Waals surface area contributed by atoms with Gasteiger partial charge in [-0.25, -0.2) is 4.79 Å². The van der Waals surface area contributed by atoms with Crippen molar-refractivity contribution in [3.05, 3.63) is 12.7 Å². The molecule has 0 aromatic carbocycles. The minimum absolute atomic E-state index is 0.0649. The van der Waals surface area contributed by atoms with Crippen molar-refractivity contribution in [1.29, 1.82) is 0 Å². The van der Waals surface area contributed by atoms with Gasteiger partial charge in [0.05, 0.1) is 19.3 Å². The molecule has 0 rings (SSSR count). The first-order valence-electron chi connectivity index (χ1n) is 4.10. The highest BCUT2D eigenvalue weighted by Crippen LogP contribution is 1.89. The third-order valence-corrected chi connectivity index (χ3v) is 1.39. The van der Waals surface area contributed by atoms with Crippen LogP contribution < -0.4 is 0 Å². The van der Waals surface area contributed by atoms with E-state index in [4.69, 9.17) is 9.47 Å². The van der Waals surface area contributed by atoms with E-state index in [-0.39, 0.29) is 12.7 Å². The molecule has 4 heteroatoms. The number of rotatable bonds is 7. The van der Waals surface area contributed by atoms with Crippen molar-refractivity contribution in [1.82, 2.24) is 0 Å². The van der Waals surface area contributed by atoms with E-state index in [1.807, 2.05) is 6.92 Å². The first-order chi connectivity index (χ1) is 6.20. The molecule has 76 valence electrons. The molecule has 0 saturated heterocycles. The molecule has 0 bridgehead atoms. The van der Waals surface area contributed by atoms with Gasteiger partial charge in [0.25, 0.3) is 0 Å². The van der Waals surface area contributed by atoms with Crippen LogP contribution >= 0.6 is 0 Å². The van der Waals surface area contributed by atoms with E-state index in [1.165, 1.54) is 0 Å². The van der Waals surface area contributed by atoms with Crippen LogP contribution in [0.5, 0.6) is 0 Å². The number of hydrogen-bond donors (Lipinski definition) is 0. The van der Waals surface area contributed by atoms with Gasteiger partial charge in [0, 0.05) is 13.2 Å². The molecule has 13 heavy (non-hydrogen) atoms. The summed E-state index contributed by atoms with van der Waals surface area (Å²) in [6.45, 7) is 6.30. The second-order valence-electron chi connectivity index (χ2n) is 2.49. The molecule has 0 heterocycles. The first-order valence-corrected chi connectivity index (χ1v) is 4.10. The molecule has 0 aliphatic rings. The standard InChI is InChI=1S/C9H16O4/c1-4-9(10)13-6-5-12-7-8(2)11-3/h4,8H,1,5-7H2,2-3H3. The van der Waals surface area contributed by atoms with E-state index < -0.39 is 5.97 Å². The van der Waals surface area contributed by atoms with Crippen LogP contribution in [0, 0.1) is 0 Å². The largest absolute Gasteiger partial charge is 0.460 e. The lowest BCUT2D eigenvalue weighted by atomic mass is 10.4. The zero-order chi connectivity index (χ0) is 10.1. The molecule has 4 nitrogen and oxygen atoms in total. The van der Waals surface area contributed by atoms with Crippen LogP contribution in [-0.2, 0) is 19.0 Å². The SMILES string of the molecule is C=CC(=O)OCCOCC(C)OC. The van der Waals surface area contributed by atoms with Gasteiger partial charge in [0.1, 0.15) is 6.61 Å². The summed E-state index contributed by atoms with van der Waals surface area (Å²) < 4.78 is 14.8. The van der Waals surface area contributed by atoms with Crippen LogP contribution in [0.4, 0.5) is 0 Å². The van der Waals surface area contributed by atoms with Crippen molar-refractivity contribution in [3.8, 4) is 0 Å². The Hall–Kier alpha value is -0.870. The van der Waals surface area contributed by atoms with Gasteiger partial charge in [-0.3, -0.25) is 0 Å². The van der Waals surface area contributed by atoms with Gasteiger partial charge in [0.2, 0.25) is 0 Å². The predicted molar refractivity (Wildman–Crippen MR) is 48.4 cm³/mol. The molecule has 0 fully saturated rings. The van der Waals surface area contributed by atoms with Crippen molar-refractivity contribution in [3.63, 3.8) is 0 Å². The molecular weight excluding hydrogens is 172 g/mol. The van der Waals surface area contributed by atoms with E-state index in [0.717, 1.165) is 6.08 Å². The Morgan fingerprint density at radius 2 is 2.23 bits per heavy atom. The lowest BCUT2D eigenvalue weighted by Crippen LogP contribution is -2.16. The minimum Gasteiger partial charge on any atom is -0.460 e. The molecule has 0 radical (unpaired) electrons. The molecule has 0 spiro atoms. The highest BCUT2D eigenvalue weighted by molar-refractivity contribution is 5.81. The number of carbonyl (C=O) groups excluding carboxylic acids is 1. The number of methoxy groups -OCH3 is 1. The fourth-order valence-electron chi connectivity index (χ4n) is 0.577. The molecule has 1 unspecified atom stereocenters.